The molecule has 148 valence electrons. The van der Waals surface area contributed by atoms with Gasteiger partial charge in [0.25, 0.3) is 0 Å². The third-order valence-corrected chi connectivity index (χ3v) is 5.69. The number of hydrogen-bond donors (Lipinski definition) is 1. The first-order valence-corrected chi connectivity index (χ1v) is 9.80. The van der Waals surface area contributed by atoms with Crippen molar-refractivity contribution in [2.75, 3.05) is 38.1 Å². The number of H-pyrrole nitrogens is 1. The van der Waals surface area contributed by atoms with Gasteiger partial charge in [0, 0.05) is 49.4 Å². The van der Waals surface area contributed by atoms with Crippen LogP contribution in [0.5, 0.6) is 0 Å². The molecule has 2 heterocycles. The number of nitrogens with zero attached hydrogens (tertiary/aromatic N) is 3. The molecule has 0 atom stereocenters. The fourth-order valence-corrected chi connectivity index (χ4v) is 3.95. The van der Waals surface area contributed by atoms with E-state index in [1.165, 1.54) is 12.3 Å². The van der Waals surface area contributed by atoms with E-state index in [4.69, 9.17) is 11.6 Å². The molecule has 1 fully saturated rings. The number of fused-ring (bicyclic) bond motifs is 1. The van der Waals surface area contributed by atoms with Crippen molar-refractivity contribution in [3.63, 3.8) is 0 Å². The van der Waals surface area contributed by atoms with E-state index in [9.17, 15) is 10.1 Å². The van der Waals surface area contributed by atoms with Crippen LogP contribution in [0.3, 0.4) is 0 Å². The minimum absolute atomic E-state index is 0.0262. The zero-order valence-electron chi connectivity index (χ0n) is 16.0. The number of nitrogens with one attached hydrogen (secondary N) is 1. The second kappa shape index (κ2) is 7.86. The Labute approximate surface area is 172 Å². The van der Waals surface area contributed by atoms with Crippen LogP contribution in [0.4, 0.5) is 10.1 Å². The maximum absolute atomic E-state index is 15.3. The van der Waals surface area contributed by atoms with Gasteiger partial charge in [-0.1, -0.05) is 23.7 Å². The maximum atomic E-state index is 15.3. The first-order chi connectivity index (χ1) is 14.0. The number of aromatic amines is 1. The van der Waals surface area contributed by atoms with Gasteiger partial charge in [0.2, 0.25) is 5.43 Å². The topological polar surface area (TPSA) is 63.1 Å². The number of piperazine rings is 1. The van der Waals surface area contributed by atoms with Crippen LogP contribution in [0.2, 0.25) is 5.02 Å². The minimum atomic E-state index is -0.456. The van der Waals surface area contributed by atoms with Crippen molar-refractivity contribution in [3.05, 3.63) is 74.3 Å². The van der Waals surface area contributed by atoms with E-state index < -0.39 is 11.2 Å². The van der Waals surface area contributed by atoms with E-state index >= 15 is 4.39 Å². The average Bonchev–Trinajstić information content (AvgIpc) is 2.71. The number of likely N-dealkylation sites (N-methyl/N-ethyl adjacent to an activating group) is 1. The van der Waals surface area contributed by atoms with Crippen molar-refractivity contribution in [1.82, 2.24) is 9.88 Å². The van der Waals surface area contributed by atoms with Crippen molar-refractivity contribution < 1.29 is 4.39 Å². The Bertz CT molecular complexity index is 1160. The highest BCUT2D eigenvalue weighted by Gasteiger charge is 2.24. The molecule has 0 spiro atoms. The monoisotopic (exact) mass is 410 g/mol. The van der Waals surface area contributed by atoms with Crippen molar-refractivity contribution in [2.24, 2.45) is 0 Å². The summed E-state index contributed by atoms with van der Waals surface area (Å²) in [6.07, 6.45) is 1.84. The lowest BCUT2D eigenvalue weighted by Gasteiger charge is -2.35. The fraction of sp³-hybridized carbons (Fsp3) is 0.273. The summed E-state index contributed by atoms with van der Waals surface area (Å²) in [7, 11) is 2.05. The van der Waals surface area contributed by atoms with E-state index in [-0.39, 0.29) is 10.9 Å². The average molecular weight is 411 g/mol. The quantitative estimate of drug-likeness (QED) is 0.717. The molecule has 0 aliphatic carbocycles. The van der Waals surface area contributed by atoms with Gasteiger partial charge in [-0.05, 0) is 30.8 Å². The number of nitriles is 1. The van der Waals surface area contributed by atoms with E-state index in [2.05, 4.69) is 9.88 Å². The molecule has 0 radical (unpaired) electrons. The Morgan fingerprint density at radius 3 is 2.55 bits per heavy atom. The van der Waals surface area contributed by atoms with Crippen LogP contribution in [0.15, 0.2) is 41.3 Å². The number of benzene rings is 2. The first-order valence-electron chi connectivity index (χ1n) is 9.42. The molecule has 5 nitrogen and oxygen atoms in total. The highest BCUT2D eigenvalue weighted by molar-refractivity contribution is 6.30. The summed E-state index contributed by atoms with van der Waals surface area (Å²) in [5.41, 5.74) is 2.28. The second-order valence-corrected chi connectivity index (χ2v) is 7.78. The highest BCUT2D eigenvalue weighted by Crippen LogP contribution is 2.33. The van der Waals surface area contributed by atoms with Gasteiger partial charge in [-0.2, -0.15) is 5.26 Å². The maximum Gasteiger partial charge on any atom is 0.207 e. The molecule has 0 unspecified atom stereocenters. The molecule has 1 saturated heterocycles. The molecule has 0 bridgehead atoms. The first kappa shape index (κ1) is 19.4. The fourth-order valence-electron chi connectivity index (χ4n) is 3.82. The molecule has 1 aromatic heterocycles. The third-order valence-electron chi connectivity index (χ3n) is 5.44. The molecule has 7 heteroatoms. The van der Waals surface area contributed by atoms with Crippen molar-refractivity contribution in [1.29, 1.82) is 5.26 Å². The molecular formula is C22H20ClFN4O. The standard InChI is InChI=1S/C22H20ClFN4O/c1-27-6-8-28(9-7-27)21-17(10-14-2-4-16(23)5-3-14)20-18(11-19(21)24)22(29)15(12-25)13-26-20/h2-5,11,13H,6-10H2,1H3,(H,26,29). The van der Waals surface area contributed by atoms with E-state index in [0.717, 1.165) is 18.7 Å². The number of anilines is 1. The molecular weight excluding hydrogens is 391 g/mol. The summed E-state index contributed by atoms with van der Waals surface area (Å²) in [6.45, 7) is 3.07. The van der Waals surface area contributed by atoms with Crippen LogP contribution in [0, 0.1) is 17.1 Å². The summed E-state index contributed by atoms with van der Waals surface area (Å²) in [4.78, 5) is 20.0. The van der Waals surface area contributed by atoms with Crippen LogP contribution in [0.25, 0.3) is 10.9 Å². The lowest BCUT2D eigenvalue weighted by Crippen LogP contribution is -2.45. The van der Waals surface area contributed by atoms with Crippen LogP contribution < -0.4 is 10.3 Å². The van der Waals surface area contributed by atoms with Gasteiger partial charge in [0.1, 0.15) is 17.4 Å². The van der Waals surface area contributed by atoms with Crippen molar-refractivity contribution >= 4 is 28.2 Å². The number of halogens is 2. The molecule has 1 aliphatic heterocycles. The van der Waals surface area contributed by atoms with Crippen LogP contribution >= 0.6 is 11.6 Å². The lowest BCUT2D eigenvalue weighted by molar-refractivity contribution is 0.311. The van der Waals surface area contributed by atoms with Crippen LogP contribution in [0.1, 0.15) is 16.7 Å². The molecule has 2 aromatic carbocycles. The molecule has 3 aromatic rings. The van der Waals surface area contributed by atoms with Gasteiger partial charge in [0.15, 0.2) is 0 Å². The molecule has 0 amide bonds. The zero-order valence-corrected chi connectivity index (χ0v) is 16.8. The number of pyridine rings is 1. The molecule has 1 aliphatic rings. The summed E-state index contributed by atoms with van der Waals surface area (Å²) >= 11 is 6.00. The number of rotatable bonds is 3. The van der Waals surface area contributed by atoms with Gasteiger partial charge >= 0.3 is 0 Å². The Hall–Kier alpha value is -2.88. The number of aromatic nitrogens is 1. The number of hydrogen-bond acceptors (Lipinski definition) is 4. The predicted octanol–water partition coefficient (Wildman–Crippen LogP) is 3.53. The van der Waals surface area contributed by atoms with Gasteiger partial charge < -0.3 is 14.8 Å². The van der Waals surface area contributed by atoms with E-state index in [1.54, 1.807) is 12.1 Å². The molecule has 4 rings (SSSR count). The predicted molar refractivity (Wildman–Crippen MR) is 113 cm³/mol. The van der Waals surface area contributed by atoms with Gasteiger partial charge in [-0.25, -0.2) is 4.39 Å². The van der Waals surface area contributed by atoms with Crippen molar-refractivity contribution in [3.8, 4) is 6.07 Å². The summed E-state index contributed by atoms with van der Waals surface area (Å²) in [6, 6.07) is 10.5. The molecule has 1 N–H and O–H groups in total. The minimum Gasteiger partial charge on any atom is -0.366 e. The Morgan fingerprint density at radius 2 is 1.90 bits per heavy atom. The second-order valence-electron chi connectivity index (χ2n) is 7.34. The molecule has 29 heavy (non-hydrogen) atoms. The van der Waals surface area contributed by atoms with E-state index in [1.807, 2.05) is 30.1 Å². The lowest BCUT2D eigenvalue weighted by atomic mass is 9.97. The Morgan fingerprint density at radius 1 is 1.21 bits per heavy atom. The Kier molecular flexibility index (Phi) is 5.27. The van der Waals surface area contributed by atoms with E-state index in [0.29, 0.717) is 41.3 Å². The zero-order chi connectivity index (χ0) is 20.5. The normalized spacial score (nSPS) is 14.9. The SMILES string of the molecule is CN1CCN(c2c(F)cc3c(=O)c(C#N)c[nH]c3c2Cc2ccc(Cl)cc2)CC1. The smallest absolute Gasteiger partial charge is 0.207 e. The Balaban J connectivity index is 1.92. The summed E-state index contributed by atoms with van der Waals surface area (Å²) in [5.74, 6) is -0.438. The molecule has 0 saturated carbocycles. The summed E-state index contributed by atoms with van der Waals surface area (Å²) < 4.78 is 15.3. The van der Waals surface area contributed by atoms with Gasteiger partial charge in [0.05, 0.1) is 16.6 Å². The van der Waals surface area contributed by atoms with Gasteiger partial charge in [-0.3, -0.25) is 4.79 Å². The summed E-state index contributed by atoms with van der Waals surface area (Å²) in [5, 5.41) is 10.00. The van der Waals surface area contributed by atoms with Crippen LogP contribution in [-0.4, -0.2) is 43.1 Å². The largest absolute Gasteiger partial charge is 0.366 e. The van der Waals surface area contributed by atoms with Gasteiger partial charge in [-0.15, -0.1) is 0 Å². The highest BCUT2D eigenvalue weighted by atomic mass is 35.5. The van der Waals surface area contributed by atoms with Crippen LogP contribution in [-0.2, 0) is 6.42 Å². The third kappa shape index (κ3) is 3.71. The van der Waals surface area contributed by atoms with Crippen molar-refractivity contribution in [2.45, 2.75) is 6.42 Å².